The Balaban J connectivity index is 2.27. The van der Waals surface area contributed by atoms with Crippen LogP contribution in [0.15, 0.2) is 77.8 Å². The molecular formula is C20H21BO2. The van der Waals surface area contributed by atoms with E-state index in [1.807, 2.05) is 31.2 Å². The minimum Gasteiger partial charge on any atom is -0.463 e. The van der Waals surface area contributed by atoms with Crippen LogP contribution in [0.25, 0.3) is 0 Å². The summed E-state index contributed by atoms with van der Waals surface area (Å²) in [6.07, 6.45) is 6.57. The van der Waals surface area contributed by atoms with Crippen LogP contribution >= 0.6 is 0 Å². The minimum atomic E-state index is 0.149. The van der Waals surface area contributed by atoms with Crippen LogP contribution in [0.3, 0.4) is 0 Å². The van der Waals surface area contributed by atoms with Gasteiger partial charge in [0.2, 0.25) is 0 Å². The number of hydrogen-bond donors (Lipinski definition) is 0. The minimum absolute atomic E-state index is 0.149. The third-order valence-electron chi connectivity index (χ3n) is 4.47. The Kier molecular flexibility index (Phi) is 4.04. The van der Waals surface area contributed by atoms with E-state index in [0.29, 0.717) is 5.76 Å². The van der Waals surface area contributed by atoms with Crippen molar-refractivity contribution in [2.75, 3.05) is 0 Å². The first-order valence-electron chi connectivity index (χ1n) is 7.95. The standard InChI is InChI=1S/C20H21BO2/c1-6-8-11-17-16(7-2)21-19-13(3)10-9-12-18(19)23-15(5)20(21)14(4)22-17/h6,8-12H,1,5,7H2,2-4H3/b11-8-. The SMILES string of the molecule is C=C/C=C\C1=C(CC)B2C(=C(C)O1)C(=C)Oc1cccc(C)c12. The lowest BCUT2D eigenvalue weighted by atomic mass is 9.32. The largest absolute Gasteiger partial charge is 0.463 e. The highest BCUT2D eigenvalue weighted by molar-refractivity contribution is 6.88. The van der Waals surface area contributed by atoms with Crippen LogP contribution < -0.4 is 10.2 Å². The third-order valence-corrected chi connectivity index (χ3v) is 4.47. The van der Waals surface area contributed by atoms with E-state index in [4.69, 9.17) is 9.47 Å². The second-order valence-corrected chi connectivity index (χ2v) is 5.85. The number of rotatable bonds is 3. The molecule has 23 heavy (non-hydrogen) atoms. The Morgan fingerprint density at radius 1 is 1.22 bits per heavy atom. The molecule has 0 fully saturated rings. The molecule has 0 N–H and O–H groups in total. The fraction of sp³-hybridized carbons (Fsp3) is 0.200. The molecule has 0 amide bonds. The zero-order valence-corrected chi connectivity index (χ0v) is 14.0. The highest BCUT2D eigenvalue weighted by Gasteiger charge is 2.41. The van der Waals surface area contributed by atoms with Crippen molar-refractivity contribution in [3.8, 4) is 5.75 Å². The van der Waals surface area contributed by atoms with E-state index in [-0.39, 0.29) is 6.71 Å². The number of ether oxygens (including phenoxy) is 2. The summed E-state index contributed by atoms with van der Waals surface area (Å²) in [6, 6.07) is 6.17. The Morgan fingerprint density at radius 3 is 2.70 bits per heavy atom. The predicted octanol–water partition coefficient (Wildman–Crippen LogP) is 4.39. The van der Waals surface area contributed by atoms with Gasteiger partial charge in [-0.25, -0.2) is 0 Å². The van der Waals surface area contributed by atoms with Gasteiger partial charge < -0.3 is 9.47 Å². The van der Waals surface area contributed by atoms with Crippen LogP contribution in [0.4, 0.5) is 0 Å². The number of fused-ring (bicyclic) bond motifs is 3. The molecule has 0 aromatic heterocycles. The molecule has 0 spiro atoms. The molecule has 2 aliphatic heterocycles. The number of aryl methyl sites for hydroxylation is 1. The first-order valence-corrected chi connectivity index (χ1v) is 7.95. The Morgan fingerprint density at radius 2 is 2.00 bits per heavy atom. The van der Waals surface area contributed by atoms with Gasteiger partial charge >= 0.3 is 0 Å². The van der Waals surface area contributed by atoms with Crippen LogP contribution in [0, 0.1) is 6.92 Å². The molecule has 2 nitrogen and oxygen atoms in total. The van der Waals surface area contributed by atoms with Crippen LogP contribution in [0.2, 0.25) is 0 Å². The van der Waals surface area contributed by atoms with E-state index < -0.39 is 0 Å². The van der Waals surface area contributed by atoms with E-state index >= 15 is 0 Å². The number of hydrogen-bond acceptors (Lipinski definition) is 2. The molecule has 0 atom stereocenters. The van der Waals surface area contributed by atoms with Gasteiger partial charge in [0, 0.05) is 5.47 Å². The molecule has 3 rings (SSSR count). The van der Waals surface area contributed by atoms with Gasteiger partial charge in [0.1, 0.15) is 17.3 Å². The molecule has 0 radical (unpaired) electrons. The number of benzene rings is 1. The third kappa shape index (κ3) is 2.46. The second kappa shape index (κ2) is 6.00. The maximum Gasteiger partial charge on any atom is 0.255 e. The average Bonchev–Trinajstić information content (AvgIpc) is 2.52. The van der Waals surface area contributed by atoms with Crippen molar-refractivity contribution in [3.63, 3.8) is 0 Å². The zero-order chi connectivity index (χ0) is 16.6. The molecule has 1 aromatic rings. The molecule has 3 heteroatoms. The molecule has 0 saturated heterocycles. The van der Waals surface area contributed by atoms with E-state index in [1.165, 1.54) is 16.5 Å². The summed E-state index contributed by atoms with van der Waals surface area (Å²) in [4.78, 5) is 0. The summed E-state index contributed by atoms with van der Waals surface area (Å²) in [5, 5.41) is 0. The quantitative estimate of drug-likeness (QED) is 0.609. The van der Waals surface area contributed by atoms with Crippen LogP contribution in [-0.2, 0) is 4.74 Å². The Hall–Kier alpha value is -2.42. The fourth-order valence-electron chi connectivity index (χ4n) is 3.46. The maximum atomic E-state index is 6.07. The van der Waals surface area contributed by atoms with Crippen LogP contribution in [0.1, 0.15) is 25.8 Å². The summed E-state index contributed by atoms with van der Waals surface area (Å²) < 4.78 is 12.0. The lowest BCUT2D eigenvalue weighted by molar-refractivity contribution is 0.308. The average molecular weight is 304 g/mol. The first kappa shape index (κ1) is 15.5. The molecule has 2 aliphatic rings. The normalized spacial score (nSPS) is 17.0. The summed E-state index contributed by atoms with van der Waals surface area (Å²) >= 11 is 0. The zero-order valence-electron chi connectivity index (χ0n) is 14.0. The van der Waals surface area contributed by atoms with Crippen molar-refractivity contribution in [3.05, 3.63) is 83.4 Å². The van der Waals surface area contributed by atoms with Gasteiger partial charge in [0.15, 0.2) is 0 Å². The van der Waals surface area contributed by atoms with Gasteiger partial charge in [0.05, 0.1) is 5.76 Å². The molecular weight excluding hydrogens is 283 g/mol. The van der Waals surface area contributed by atoms with Crippen molar-refractivity contribution in [2.45, 2.75) is 27.2 Å². The number of allylic oxidation sites excluding steroid dienone is 6. The van der Waals surface area contributed by atoms with Crippen LogP contribution in [-0.4, -0.2) is 6.71 Å². The van der Waals surface area contributed by atoms with Crippen molar-refractivity contribution >= 4 is 12.2 Å². The Labute approximate surface area is 138 Å². The summed E-state index contributed by atoms with van der Waals surface area (Å²) in [5.74, 6) is 3.34. The predicted molar refractivity (Wildman–Crippen MR) is 96.8 cm³/mol. The van der Waals surface area contributed by atoms with Gasteiger partial charge in [-0.2, -0.15) is 0 Å². The second-order valence-electron chi connectivity index (χ2n) is 5.85. The van der Waals surface area contributed by atoms with Gasteiger partial charge in [0.25, 0.3) is 6.71 Å². The van der Waals surface area contributed by atoms with E-state index in [9.17, 15) is 0 Å². The molecule has 0 bridgehead atoms. The monoisotopic (exact) mass is 304 g/mol. The van der Waals surface area contributed by atoms with Gasteiger partial charge in [-0.3, -0.25) is 0 Å². The Bertz CT molecular complexity index is 781. The van der Waals surface area contributed by atoms with Crippen molar-refractivity contribution < 1.29 is 9.47 Å². The highest BCUT2D eigenvalue weighted by Crippen LogP contribution is 2.38. The molecule has 0 aliphatic carbocycles. The molecule has 1 aromatic carbocycles. The topological polar surface area (TPSA) is 18.5 Å². The first-order chi connectivity index (χ1) is 11.1. The molecule has 0 unspecified atom stereocenters. The smallest absolute Gasteiger partial charge is 0.255 e. The highest BCUT2D eigenvalue weighted by atomic mass is 16.5. The lowest BCUT2D eigenvalue weighted by Gasteiger charge is -2.35. The van der Waals surface area contributed by atoms with Crippen LogP contribution in [0.5, 0.6) is 5.75 Å². The maximum absolute atomic E-state index is 6.07. The molecule has 116 valence electrons. The van der Waals surface area contributed by atoms with E-state index in [2.05, 4.69) is 33.1 Å². The van der Waals surface area contributed by atoms with Gasteiger partial charge in [-0.15, -0.1) is 0 Å². The van der Waals surface area contributed by atoms with Crippen molar-refractivity contribution in [1.29, 1.82) is 0 Å². The molecule has 2 heterocycles. The van der Waals surface area contributed by atoms with Crippen molar-refractivity contribution in [1.82, 2.24) is 0 Å². The van der Waals surface area contributed by atoms with E-state index in [1.54, 1.807) is 6.08 Å². The summed E-state index contributed by atoms with van der Waals surface area (Å²) in [5.41, 5.74) is 4.76. The van der Waals surface area contributed by atoms with Crippen molar-refractivity contribution in [2.24, 2.45) is 0 Å². The fourth-order valence-corrected chi connectivity index (χ4v) is 3.46. The lowest BCUT2D eigenvalue weighted by Crippen LogP contribution is -2.45. The summed E-state index contributed by atoms with van der Waals surface area (Å²) in [7, 11) is 0. The van der Waals surface area contributed by atoms with Gasteiger partial charge in [-0.1, -0.05) is 49.9 Å². The summed E-state index contributed by atoms with van der Waals surface area (Å²) in [6.45, 7) is 14.3. The van der Waals surface area contributed by atoms with Gasteiger partial charge in [-0.05, 0) is 43.3 Å². The van der Waals surface area contributed by atoms with E-state index in [0.717, 1.165) is 29.2 Å². The molecule has 0 saturated carbocycles.